The Labute approximate surface area is 179 Å². The largest absolute Gasteiger partial charge is 0.335 e. The first-order chi connectivity index (χ1) is 15.0. The van der Waals surface area contributed by atoms with Crippen LogP contribution >= 0.6 is 0 Å². The average molecular weight is 418 g/mol. The molecule has 158 valence electrons. The fourth-order valence-corrected chi connectivity index (χ4v) is 3.43. The van der Waals surface area contributed by atoms with E-state index < -0.39 is 17.8 Å². The summed E-state index contributed by atoms with van der Waals surface area (Å²) in [5, 5.41) is 4.10. The third-order valence-electron chi connectivity index (χ3n) is 5.40. The summed E-state index contributed by atoms with van der Waals surface area (Å²) in [7, 11) is 1.81. The molecule has 0 N–H and O–H groups in total. The van der Waals surface area contributed by atoms with Gasteiger partial charge < -0.3 is 0 Å². The molecule has 4 rings (SSSR count). The molecule has 1 aliphatic rings. The highest BCUT2D eigenvalue weighted by atomic mass is 16.2. The molecule has 0 bridgehead atoms. The molecule has 31 heavy (non-hydrogen) atoms. The lowest BCUT2D eigenvalue weighted by atomic mass is 10.1. The van der Waals surface area contributed by atoms with Crippen molar-refractivity contribution in [3.63, 3.8) is 0 Å². The van der Waals surface area contributed by atoms with Gasteiger partial charge in [0.1, 0.15) is 12.7 Å². The van der Waals surface area contributed by atoms with Gasteiger partial charge in [-0.25, -0.2) is 19.4 Å². The van der Waals surface area contributed by atoms with Gasteiger partial charge in [-0.15, -0.1) is 0 Å². The van der Waals surface area contributed by atoms with Crippen molar-refractivity contribution in [2.75, 3.05) is 13.7 Å². The number of hydrogen-bond acceptors (Lipinski definition) is 6. The van der Waals surface area contributed by atoms with Crippen molar-refractivity contribution in [1.29, 1.82) is 0 Å². The summed E-state index contributed by atoms with van der Waals surface area (Å²) < 4.78 is 1.66. The quantitative estimate of drug-likeness (QED) is 0.432. The Bertz CT molecular complexity index is 1080. The van der Waals surface area contributed by atoms with Gasteiger partial charge in [0, 0.05) is 6.04 Å². The number of carbonyl (C=O) groups excluding carboxylic acids is 3. The predicted molar refractivity (Wildman–Crippen MR) is 112 cm³/mol. The summed E-state index contributed by atoms with van der Waals surface area (Å²) in [5.41, 5.74) is 2.66. The van der Waals surface area contributed by atoms with Crippen molar-refractivity contribution in [3.8, 4) is 5.69 Å². The van der Waals surface area contributed by atoms with Crippen LogP contribution in [0.3, 0.4) is 0 Å². The maximum absolute atomic E-state index is 12.8. The normalized spacial score (nSPS) is 15.3. The molecule has 0 unspecified atom stereocenters. The zero-order valence-corrected chi connectivity index (χ0v) is 17.3. The highest BCUT2D eigenvalue weighted by Gasteiger charge is 2.44. The second-order valence-corrected chi connectivity index (χ2v) is 7.40. The van der Waals surface area contributed by atoms with E-state index in [0.29, 0.717) is 0 Å². The molecule has 0 saturated carbocycles. The Morgan fingerprint density at radius 2 is 1.61 bits per heavy atom. The molecular formula is C22H22N6O3. The lowest BCUT2D eigenvalue weighted by Gasteiger charge is -2.28. The molecule has 1 saturated heterocycles. The fraction of sp³-hybridized carbons (Fsp3) is 0.227. The van der Waals surface area contributed by atoms with E-state index in [4.69, 9.17) is 0 Å². The molecule has 9 heteroatoms. The van der Waals surface area contributed by atoms with Gasteiger partial charge in [-0.05, 0) is 37.2 Å². The van der Waals surface area contributed by atoms with Crippen LogP contribution in [0, 0.1) is 0 Å². The van der Waals surface area contributed by atoms with Crippen LogP contribution in [0.25, 0.3) is 5.69 Å². The van der Waals surface area contributed by atoms with Crippen molar-refractivity contribution >= 4 is 17.8 Å². The molecule has 0 spiro atoms. The summed E-state index contributed by atoms with van der Waals surface area (Å²) in [5.74, 6) is -1.60. The molecule has 3 aromatic rings. The van der Waals surface area contributed by atoms with Crippen molar-refractivity contribution < 1.29 is 14.4 Å². The van der Waals surface area contributed by atoms with E-state index in [1.54, 1.807) is 18.1 Å². The number of hydrogen-bond donors (Lipinski definition) is 0. The third kappa shape index (κ3) is 4.08. The Balaban J connectivity index is 1.43. The maximum atomic E-state index is 12.8. The van der Waals surface area contributed by atoms with Gasteiger partial charge >= 0.3 is 17.8 Å². The van der Waals surface area contributed by atoms with Gasteiger partial charge in [0.2, 0.25) is 0 Å². The first-order valence-electron chi connectivity index (χ1n) is 9.82. The highest BCUT2D eigenvalue weighted by Crippen LogP contribution is 2.23. The number of amides is 4. The molecule has 4 amide bonds. The average Bonchev–Trinajstić information content (AvgIpc) is 3.40. The van der Waals surface area contributed by atoms with Gasteiger partial charge in [-0.1, -0.05) is 42.5 Å². The van der Waals surface area contributed by atoms with Crippen LogP contribution in [0.5, 0.6) is 0 Å². The first-order valence-corrected chi connectivity index (χ1v) is 9.82. The van der Waals surface area contributed by atoms with Crippen LogP contribution in [0.4, 0.5) is 4.79 Å². The Hall–Kier alpha value is -3.85. The molecule has 2 heterocycles. The zero-order valence-electron chi connectivity index (χ0n) is 17.3. The van der Waals surface area contributed by atoms with E-state index in [9.17, 15) is 14.4 Å². The number of urea groups is 1. The molecule has 1 aromatic heterocycles. The molecule has 2 aromatic carbocycles. The SMILES string of the molecule is C[C@H](c1ccc(-n2cncn2)cc1)N(C)CN1C(=O)C(=O)N(Cc2ccccc2)C1=O. The maximum Gasteiger partial charge on any atom is 0.335 e. The van der Waals surface area contributed by atoms with Crippen LogP contribution < -0.4 is 0 Å². The van der Waals surface area contributed by atoms with Gasteiger partial charge in [0.25, 0.3) is 0 Å². The van der Waals surface area contributed by atoms with Crippen LogP contribution in [0.15, 0.2) is 67.3 Å². The van der Waals surface area contributed by atoms with E-state index in [-0.39, 0.29) is 19.3 Å². The first kappa shape index (κ1) is 20.4. The number of aromatic nitrogens is 3. The summed E-state index contributed by atoms with van der Waals surface area (Å²) in [6, 6.07) is 16.2. The molecule has 0 aliphatic carbocycles. The topological polar surface area (TPSA) is 91.6 Å². The van der Waals surface area contributed by atoms with Crippen LogP contribution in [0.1, 0.15) is 24.1 Å². The van der Waals surface area contributed by atoms with Gasteiger partial charge in [-0.2, -0.15) is 5.10 Å². The molecule has 0 radical (unpaired) electrons. The lowest BCUT2D eigenvalue weighted by Crippen LogP contribution is -2.41. The Kier molecular flexibility index (Phi) is 5.59. The summed E-state index contributed by atoms with van der Waals surface area (Å²) in [6.07, 6.45) is 3.09. The van der Waals surface area contributed by atoms with Crippen LogP contribution in [-0.2, 0) is 16.1 Å². The van der Waals surface area contributed by atoms with E-state index in [1.165, 1.54) is 6.33 Å². The molecule has 1 fully saturated rings. The predicted octanol–water partition coefficient (Wildman–Crippen LogP) is 2.21. The number of imide groups is 2. The highest BCUT2D eigenvalue weighted by molar-refractivity contribution is 6.44. The second kappa shape index (κ2) is 8.49. The van der Waals surface area contributed by atoms with Crippen LogP contribution in [0.2, 0.25) is 0 Å². The van der Waals surface area contributed by atoms with Gasteiger partial charge in [0.05, 0.1) is 18.9 Å². The van der Waals surface area contributed by atoms with E-state index in [0.717, 1.165) is 26.6 Å². The smallest absolute Gasteiger partial charge is 0.282 e. The number of nitrogens with zero attached hydrogens (tertiary/aromatic N) is 6. The van der Waals surface area contributed by atoms with Crippen molar-refractivity contribution in [3.05, 3.63) is 78.4 Å². The number of benzene rings is 2. The molecule has 1 aliphatic heterocycles. The van der Waals surface area contributed by atoms with Crippen molar-refractivity contribution in [2.45, 2.75) is 19.5 Å². The zero-order chi connectivity index (χ0) is 22.0. The summed E-state index contributed by atoms with van der Waals surface area (Å²) in [6.45, 7) is 2.06. The monoisotopic (exact) mass is 418 g/mol. The molecule has 1 atom stereocenters. The fourth-order valence-electron chi connectivity index (χ4n) is 3.43. The molecule has 9 nitrogen and oxygen atoms in total. The van der Waals surface area contributed by atoms with Crippen molar-refractivity contribution in [2.24, 2.45) is 0 Å². The van der Waals surface area contributed by atoms with Gasteiger partial charge in [-0.3, -0.25) is 19.4 Å². The Morgan fingerprint density at radius 1 is 0.935 bits per heavy atom. The minimum atomic E-state index is -0.804. The van der Waals surface area contributed by atoms with E-state index in [2.05, 4.69) is 10.1 Å². The van der Waals surface area contributed by atoms with Crippen molar-refractivity contribution in [1.82, 2.24) is 29.5 Å². The second-order valence-electron chi connectivity index (χ2n) is 7.40. The van der Waals surface area contributed by atoms with Crippen LogP contribution in [-0.4, -0.2) is 61.0 Å². The van der Waals surface area contributed by atoms with E-state index >= 15 is 0 Å². The minimum absolute atomic E-state index is 0.0146. The van der Waals surface area contributed by atoms with E-state index in [1.807, 2.05) is 66.4 Å². The van der Waals surface area contributed by atoms with Gasteiger partial charge in [0.15, 0.2) is 0 Å². The summed E-state index contributed by atoms with van der Waals surface area (Å²) >= 11 is 0. The lowest BCUT2D eigenvalue weighted by molar-refractivity contribution is -0.144. The standard InChI is InChI=1S/C22H22N6O3/c1-16(18-8-10-19(11-9-18)28-14-23-13-24-28)25(2)15-27-21(30)20(29)26(22(27)31)12-17-6-4-3-5-7-17/h3-11,13-14,16H,12,15H2,1-2H3/t16-/m1/s1. The summed E-state index contributed by atoms with van der Waals surface area (Å²) in [4.78, 5) is 45.4. The Morgan fingerprint density at radius 3 is 2.26 bits per heavy atom. The minimum Gasteiger partial charge on any atom is -0.282 e. The number of rotatable bonds is 7. The number of carbonyl (C=O) groups is 3. The molecular weight excluding hydrogens is 396 g/mol. The third-order valence-corrected chi connectivity index (χ3v) is 5.40.